The lowest BCUT2D eigenvalue weighted by Crippen LogP contribution is -1.99. The lowest BCUT2D eigenvalue weighted by atomic mass is 10.0. The quantitative estimate of drug-likeness (QED) is 0.809. The van der Waals surface area contributed by atoms with E-state index in [0.717, 1.165) is 25.1 Å². The van der Waals surface area contributed by atoms with E-state index in [1.54, 1.807) is 0 Å². The predicted molar refractivity (Wildman–Crippen MR) is 84.0 cm³/mol. The number of hydrogen-bond donors (Lipinski definition) is 2. The monoisotopic (exact) mass is 254 g/mol. The Bertz CT molecular complexity index is 486. The molecule has 2 heteroatoms. The summed E-state index contributed by atoms with van der Waals surface area (Å²) in [4.78, 5) is 0. The maximum absolute atomic E-state index is 3.39. The zero-order valence-electron chi connectivity index (χ0n) is 11.7. The highest BCUT2D eigenvalue weighted by atomic mass is 14.9. The highest BCUT2D eigenvalue weighted by Gasteiger charge is 1.97. The van der Waals surface area contributed by atoms with E-state index in [0.29, 0.717) is 0 Å². The fourth-order valence-electron chi connectivity index (χ4n) is 2.03. The lowest BCUT2D eigenvalue weighted by Gasteiger charge is -2.07. The molecule has 0 radical (unpaired) electrons. The molecule has 100 valence electrons. The van der Waals surface area contributed by atoms with Crippen molar-refractivity contribution in [1.29, 1.82) is 0 Å². The van der Waals surface area contributed by atoms with Gasteiger partial charge in [-0.05, 0) is 48.2 Å². The Kier molecular flexibility index (Phi) is 4.85. The van der Waals surface area contributed by atoms with Crippen LogP contribution in [0.3, 0.4) is 0 Å². The van der Waals surface area contributed by atoms with Crippen molar-refractivity contribution in [2.75, 3.05) is 24.2 Å². The second-order valence-electron chi connectivity index (χ2n) is 4.75. The van der Waals surface area contributed by atoms with E-state index in [1.165, 1.54) is 16.8 Å². The second-order valence-corrected chi connectivity index (χ2v) is 4.75. The van der Waals surface area contributed by atoms with Crippen LogP contribution in [0.2, 0.25) is 0 Å². The van der Waals surface area contributed by atoms with E-state index < -0.39 is 0 Å². The number of nitrogens with one attached hydrogen (secondary N) is 2. The van der Waals surface area contributed by atoms with Crippen molar-refractivity contribution >= 4 is 11.4 Å². The summed E-state index contributed by atoms with van der Waals surface area (Å²) in [6, 6.07) is 17.3. The number of hydrogen-bond acceptors (Lipinski definition) is 2. The molecule has 2 aromatic carbocycles. The first-order valence-electron chi connectivity index (χ1n) is 6.91. The van der Waals surface area contributed by atoms with Crippen LogP contribution in [0.5, 0.6) is 0 Å². The van der Waals surface area contributed by atoms with Crippen LogP contribution >= 0.6 is 0 Å². The van der Waals surface area contributed by atoms with Gasteiger partial charge in [-0.15, -0.1) is 0 Å². The second kappa shape index (κ2) is 6.83. The first-order chi connectivity index (χ1) is 9.31. The van der Waals surface area contributed by atoms with Crippen molar-refractivity contribution in [3.8, 4) is 0 Å². The van der Waals surface area contributed by atoms with Crippen molar-refractivity contribution in [2.24, 2.45) is 0 Å². The predicted octanol–water partition coefficient (Wildman–Crippen LogP) is 4.14. The fourth-order valence-corrected chi connectivity index (χ4v) is 2.03. The highest BCUT2D eigenvalue weighted by Crippen LogP contribution is 2.15. The molecule has 0 spiro atoms. The standard InChI is InChI=1S/C17H22N2/c1-3-12-19-17-10-6-15(7-11-17)13-14-4-8-16(18-2)9-5-14/h4-11,18-19H,3,12-13H2,1-2H3. The van der Waals surface area contributed by atoms with Crippen molar-refractivity contribution < 1.29 is 0 Å². The summed E-state index contributed by atoms with van der Waals surface area (Å²) in [6.07, 6.45) is 2.14. The van der Waals surface area contributed by atoms with Crippen molar-refractivity contribution in [3.05, 3.63) is 59.7 Å². The van der Waals surface area contributed by atoms with Gasteiger partial charge in [0.1, 0.15) is 0 Å². The van der Waals surface area contributed by atoms with Gasteiger partial charge >= 0.3 is 0 Å². The van der Waals surface area contributed by atoms with Crippen LogP contribution in [-0.4, -0.2) is 13.6 Å². The Morgan fingerprint density at radius 3 is 1.79 bits per heavy atom. The minimum atomic E-state index is 0.984. The third-order valence-electron chi connectivity index (χ3n) is 3.18. The topological polar surface area (TPSA) is 24.1 Å². The summed E-state index contributed by atoms with van der Waals surface area (Å²) in [6.45, 7) is 3.21. The van der Waals surface area contributed by atoms with Gasteiger partial charge in [-0.1, -0.05) is 31.2 Å². The molecule has 0 fully saturated rings. The molecule has 0 saturated carbocycles. The molecule has 2 nitrogen and oxygen atoms in total. The summed E-state index contributed by atoms with van der Waals surface area (Å²) in [7, 11) is 1.94. The van der Waals surface area contributed by atoms with Gasteiger partial charge < -0.3 is 10.6 Å². The van der Waals surface area contributed by atoms with Crippen LogP contribution < -0.4 is 10.6 Å². The van der Waals surface area contributed by atoms with Crippen LogP contribution in [-0.2, 0) is 6.42 Å². The molecule has 0 saturated heterocycles. The smallest absolute Gasteiger partial charge is 0.0340 e. The maximum atomic E-state index is 3.39. The molecule has 0 aromatic heterocycles. The number of benzene rings is 2. The Morgan fingerprint density at radius 2 is 1.32 bits per heavy atom. The Hall–Kier alpha value is -1.96. The fraction of sp³-hybridized carbons (Fsp3) is 0.294. The molecule has 0 amide bonds. The molecule has 0 unspecified atom stereocenters. The number of anilines is 2. The van der Waals surface area contributed by atoms with E-state index in [-0.39, 0.29) is 0 Å². The first kappa shape index (κ1) is 13.5. The van der Waals surface area contributed by atoms with Crippen LogP contribution in [0.25, 0.3) is 0 Å². The van der Waals surface area contributed by atoms with E-state index in [4.69, 9.17) is 0 Å². The van der Waals surface area contributed by atoms with Crippen LogP contribution in [0.4, 0.5) is 11.4 Å². The van der Waals surface area contributed by atoms with Crippen LogP contribution in [0.15, 0.2) is 48.5 Å². The van der Waals surface area contributed by atoms with Gasteiger partial charge in [0.05, 0.1) is 0 Å². The molecule has 0 bridgehead atoms. The minimum Gasteiger partial charge on any atom is -0.388 e. The van der Waals surface area contributed by atoms with E-state index in [9.17, 15) is 0 Å². The molecule has 0 aliphatic carbocycles. The Morgan fingerprint density at radius 1 is 0.789 bits per heavy atom. The van der Waals surface area contributed by atoms with Gasteiger partial charge in [0, 0.05) is 25.0 Å². The molecule has 0 aliphatic heterocycles. The van der Waals surface area contributed by atoms with E-state index >= 15 is 0 Å². The summed E-state index contributed by atoms with van der Waals surface area (Å²) >= 11 is 0. The van der Waals surface area contributed by atoms with Crippen molar-refractivity contribution in [2.45, 2.75) is 19.8 Å². The highest BCUT2D eigenvalue weighted by molar-refractivity contribution is 5.47. The van der Waals surface area contributed by atoms with Gasteiger partial charge in [0.25, 0.3) is 0 Å². The molecule has 2 rings (SSSR count). The molecular formula is C17H22N2. The zero-order valence-corrected chi connectivity index (χ0v) is 11.7. The van der Waals surface area contributed by atoms with Crippen LogP contribution in [0.1, 0.15) is 24.5 Å². The molecule has 0 heterocycles. The third kappa shape index (κ3) is 4.02. The maximum Gasteiger partial charge on any atom is 0.0340 e. The Labute approximate surface area is 115 Å². The van der Waals surface area contributed by atoms with Gasteiger partial charge in [-0.25, -0.2) is 0 Å². The lowest BCUT2D eigenvalue weighted by molar-refractivity contribution is 0.979. The SMILES string of the molecule is CCCNc1ccc(Cc2ccc(NC)cc2)cc1. The average molecular weight is 254 g/mol. The Balaban J connectivity index is 1.98. The molecular weight excluding hydrogens is 232 g/mol. The molecule has 0 atom stereocenters. The van der Waals surface area contributed by atoms with Gasteiger partial charge in [-0.3, -0.25) is 0 Å². The first-order valence-corrected chi connectivity index (χ1v) is 6.91. The molecule has 2 N–H and O–H groups in total. The number of rotatable bonds is 6. The van der Waals surface area contributed by atoms with Crippen molar-refractivity contribution in [3.63, 3.8) is 0 Å². The van der Waals surface area contributed by atoms with E-state index in [2.05, 4.69) is 66.1 Å². The van der Waals surface area contributed by atoms with Gasteiger partial charge in [0.2, 0.25) is 0 Å². The van der Waals surface area contributed by atoms with Crippen LogP contribution in [0, 0.1) is 0 Å². The zero-order chi connectivity index (χ0) is 13.5. The largest absolute Gasteiger partial charge is 0.388 e. The summed E-state index contributed by atoms with van der Waals surface area (Å²) < 4.78 is 0. The summed E-state index contributed by atoms with van der Waals surface area (Å²) in [5.41, 5.74) is 5.05. The van der Waals surface area contributed by atoms with Gasteiger partial charge in [-0.2, -0.15) is 0 Å². The molecule has 2 aromatic rings. The van der Waals surface area contributed by atoms with E-state index in [1.807, 2.05) is 7.05 Å². The average Bonchev–Trinajstić information content (AvgIpc) is 2.47. The van der Waals surface area contributed by atoms with Gasteiger partial charge in [0.15, 0.2) is 0 Å². The third-order valence-corrected chi connectivity index (χ3v) is 3.18. The molecule has 19 heavy (non-hydrogen) atoms. The summed E-state index contributed by atoms with van der Waals surface area (Å²) in [5.74, 6) is 0. The minimum absolute atomic E-state index is 0.984. The normalized spacial score (nSPS) is 10.2. The summed E-state index contributed by atoms with van der Waals surface area (Å²) in [5, 5.41) is 6.53. The molecule has 0 aliphatic rings. The van der Waals surface area contributed by atoms with Crippen molar-refractivity contribution in [1.82, 2.24) is 0 Å².